The average molecular weight is 255 g/mol. The maximum Gasteiger partial charge on any atom is 0.320 e. The first-order valence-electron chi connectivity index (χ1n) is 6.58. The lowest BCUT2D eigenvalue weighted by atomic mass is 9.93. The first-order valence-corrected chi connectivity index (χ1v) is 6.58. The van der Waals surface area contributed by atoms with Crippen LogP contribution in [0, 0.1) is 5.92 Å². The first kappa shape index (κ1) is 13.1. The van der Waals surface area contributed by atoms with Crippen LogP contribution in [-0.4, -0.2) is 66.1 Å². The third-order valence-corrected chi connectivity index (χ3v) is 3.72. The molecule has 1 atom stereocenters. The molecule has 2 fully saturated rings. The van der Waals surface area contributed by atoms with E-state index in [1.165, 1.54) is 0 Å². The molecule has 2 amide bonds. The van der Waals surface area contributed by atoms with Gasteiger partial charge in [0.05, 0.1) is 18.9 Å². The van der Waals surface area contributed by atoms with Crippen molar-refractivity contribution < 1.29 is 14.7 Å². The van der Waals surface area contributed by atoms with Gasteiger partial charge in [-0.2, -0.15) is 0 Å². The smallest absolute Gasteiger partial charge is 0.320 e. The van der Waals surface area contributed by atoms with E-state index in [4.69, 9.17) is 9.94 Å². The lowest BCUT2D eigenvalue weighted by Gasteiger charge is -2.37. The Balaban J connectivity index is 1.95. The topological polar surface area (TPSA) is 65.4 Å². The Morgan fingerprint density at radius 3 is 2.72 bits per heavy atom. The summed E-state index contributed by atoms with van der Waals surface area (Å²) in [5.41, 5.74) is 0.823. The van der Waals surface area contributed by atoms with Crippen LogP contribution in [0.1, 0.15) is 19.8 Å². The number of morpholine rings is 1. The molecule has 0 bridgehead atoms. The minimum atomic E-state index is 0.0914. The molecule has 6 heteroatoms. The lowest BCUT2D eigenvalue weighted by molar-refractivity contribution is 0.0419. The van der Waals surface area contributed by atoms with Crippen molar-refractivity contribution in [3.05, 3.63) is 0 Å². The van der Waals surface area contributed by atoms with Gasteiger partial charge in [0.15, 0.2) is 0 Å². The number of hydrogen-bond acceptors (Lipinski definition) is 4. The molecule has 18 heavy (non-hydrogen) atoms. The number of rotatable bonds is 1. The van der Waals surface area contributed by atoms with E-state index in [2.05, 4.69) is 12.1 Å². The van der Waals surface area contributed by atoms with E-state index in [1.807, 2.05) is 9.80 Å². The van der Waals surface area contributed by atoms with Gasteiger partial charge in [0.25, 0.3) is 0 Å². The van der Waals surface area contributed by atoms with E-state index in [9.17, 15) is 4.79 Å². The maximum absolute atomic E-state index is 12.3. The van der Waals surface area contributed by atoms with Crippen LogP contribution in [0.5, 0.6) is 0 Å². The van der Waals surface area contributed by atoms with Crippen LogP contribution in [0.4, 0.5) is 4.79 Å². The Labute approximate surface area is 107 Å². The van der Waals surface area contributed by atoms with Crippen molar-refractivity contribution in [2.45, 2.75) is 19.8 Å². The summed E-state index contributed by atoms with van der Waals surface area (Å²) < 4.78 is 5.25. The quantitative estimate of drug-likeness (QED) is 0.561. The molecule has 1 N–H and O–H groups in total. The second-order valence-electron chi connectivity index (χ2n) is 4.77. The molecule has 0 aromatic carbocycles. The van der Waals surface area contributed by atoms with Crippen LogP contribution in [0.15, 0.2) is 5.16 Å². The summed E-state index contributed by atoms with van der Waals surface area (Å²) in [6.07, 6.45) is 1.57. The molecule has 2 saturated heterocycles. The molecule has 1 unspecified atom stereocenters. The molecule has 0 aromatic heterocycles. The molecular weight excluding hydrogens is 234 g/mol. The van der Waals surface area contributed by atoms with Gasteiger partial charge in [0.2, 0.25) is 0 Å². The Bertz CT molecular complexity index is 327. The minimum Gasteiger partial charge on any atom is -0.411 e. The maximum atomic E-state index is 12.3. The Kier molecular flexibility index (Phi) is 4.41. The Hall–Kier alpha value is -1.30. The predicted octanol–water partition coefficient (Wildman–Crippen LogP) is 1.00. The summed E-state index contributed by atoms with van der Waals surface area (Å²) in [5, 5.41) is 12.3. The highest BCUT2D eigenvalue weighted by atomic mass is 16.5. The SMILES string of the molecule is CCC1CN(C(=O)N2CCOCC2)CCC1=NO. The third kappa shape index (κ3) is 2.75. The molecular formula is C12H21N3O3. The highest BCUT2D eigenvalue weighted by molar-refractivity contribution is 5.89. The van der Waals surface area contributed by atoms with Gasteiger partial charge in [-0.25, -0.2) is 4.79 Å². The zero-order valence-corrected chi connectivity index (χ0v) is 10.8. The molecule has 2 aliphatic rings. The van der Waals surface area contributed by atoms with Gasteiger partial charge in [-0.15, -0.1) is 0 Å². The fraction of sp³-hybridized carbons (Fsp3) is 0.833. The molecule has 2 aliphatic heterocycles. The Morgan fingerprint density at radius 2 is 2.11 bits per heavy atom. The van der Waals surface area contributed by atoms with E-state index < -0.39 is 0 Å². The van der Waals surface area contributed by atoms with Gasteiger partial charge in [-0.05, 0) is 6.42 Å². The number of ether oxygens (including phenoxy) is 1. The van der Waals surface area contributed by atoms with Crippen LogP contribution >= 0.6 is 0 Å². The number of hydrogen-bond donors (Lipinski definition) is 1. The average Bonchev–Trinajstić information content (AvgIpc) is 2.46. The van der Waals surface area contributed by atoms with Crippen molar-refractivity contribution in [2.24, 2.45) is 11.1 Å². The van der Waals surface area contributed by atoms with Crippen molar-refractivity contribution in [3.8, 4) is 0 Å². The molecule has 6 nitrogen and oxygen atoms in total. The zero-order chi connectivity index (χ0) is 13.0. The number of amides is 2. The second-order valence-corrected chi connectivity index (χ2v) is 4.77. The van der Waals surface area contributed by atoms with E-state index in [1.54, 1.807) is 0 Å². The molecule has 0 aromatic rings. The van der Waals surface area contributed by atoms with E-state index in [0.717, 1.165) is 12.1 Å². The van der Waals surface area contributed by atoms with Crippen LogP contribution in [0.25, 0.3) is 0 Å². The monoisotopic (exact) mass is 255 g/mol. The number of oxime groups is 1. The number of likely N-dealkylation sites (tertiary alicyclic amines) is 1. The second kappa shape index (κ2) is 6.04. The minimum absolute atomic E-state index is 0.0914. The van der Waals surface area contributed by atoms with Crippen molar-refractivity contribution in [2.75, 3.05) is 39.4 Å². The summed E-state index contributed by atoms with van der Waals surface area (Å²) in [6, 6.07) is 0.0914. The van der Waals surface area contributed by atoms with Gasteiger partial charge in [0, 0.05) is 38.5 Å². The first-order chi connectivity index (χ1) is 8.76. The normalized spacial score (nSPS) is 27.6. The van der Waals surface area contributed by atoms with Gasteiger partial charge in [-0.3, -0.25) is 0 Å². The molecule has 0 spiro atoms. The van der Waals surface area contributed by atoms with E-state index in [0.29, 0.717) is 45.8 Å². The largest absolute Gasteiger partial charge is 0.411 e. The van der Waals surface area contributed by atoms with Gasteiger partial charge >= 0.3 is 6.03 Å². The highest BCUT2D eigenvalue weighted by Gasteiger charge is 2.30. The number of urea groups is 1. The van der Waals surface area contributed by atoms with Crippen LogP contribution < -0.4 is 0 Å². The molecule has 2 rings (SSSR count). The lowest BCUT2D eigenvalue weighted by Crippen LogP contribution is -2.52. The molecule has 2 heterocycles. The van der Waals surface area contributed by atoms with Crippen LogP contribution in [-0.2, 0) is 4.74 Å². The fourth-order valence-electron chi connectivity index (χ4n) is 2.54. The molecule has 0 aliphatic carbocycles. The van der Waals surface area contributed by atoms with Gasteiger partial charge < -0.3 is 19.7 Å². The van der Waals surface area contributed by atoms with E-state index in [-0.39, 0.29) is 11.9 Å². The van der Waals surface area contributed by atoms with E-state index >= 15 is 0 Å². The molecule has 0 radical (unpaired) electrons. The van der Waals surface area contributed by atoms with Crippen molar-refractivity contribution >= 4 is 11.7 Å². The predicted molar refractivity (Wildman–Crippen MR) is 67.0 cm³/mol. The third-order valence-electron chi connectivity index (χ3n) is 3.72. The molecule has 102 valence electrons. The zero-order valence-electron chi connectivity index (χ0n) is 10.8. The summed E-state index contributed by atoms with van der Waals surface area (Å²) in [7, 11) is 0. The summed E-state index contributed by atoms with van der Waals surface area (Å²) in [5.74, 6) is 0.189. The standard InChI is InChI=1S/C12H21N3O3/c1-2-10-9-15(4-3-11(10)13-17)12(16)14-5-7-18-8-6-14/h10,17H,2-9H2,1H3. The van der Waals surface area contributed by atoms with Crippen molar-refractivity contribution in [3.63, 3.8) is 0 Å². The van der Waals surface area contributed by atoms with Crippen LogP contribution in [0.3, 0.4) is 0 Å². The molecule has 0 saturated carbocycles. The summed E-state index contributed by atoms with van der Waals surface area (Å²) in [4.78, 5) is 16.0. The number of piperidine rings is 1. The Morgan fingerprint density at radius 1 is 1.39 bits per heavy atom. The number of carbonyl (C=O) groups is 1. The number of carbonyl (C=O) groups excluding carboxylic acids is 1. The van der Waals surface area contributed by atoms with Gasteiger partial charge in [0.1, 0.15) is 0 Å². The summed E-state index contributed by atoms with van der Waals surface area (Å²) >= 11 is 0. The van der Waals surface area contributed by atoms with Gasteiger partial charge in [-0.1, -0.05) is 12.1 Å². The van der Waals surface area contributed by atoms with Crippen LogP contribution in [0.2, 0.25) is 0 Å². The summed E-state index contributed by atoms with van der Waals surface area (Å²) in [6.45, 7) is 5.96. The highest BCUT2D eigenvalue weighted by Crippen LogP contribution is 2.19. The van der Waals surface area contributed by atoms with Crippen molar-refractivity contribution in [1.29, 1.82) is 0 Å². The fourth-order valence-corrected chi connectivity index (χ4v) is 2.54. The number of nitrogens with zero attached hydrogens (tertiary/aromatic N) is 3. The van der Waals surface area contributed by atoms with Crippen molar-refractivity contribution in [1.82, 2.24) is 9.80 Å².